The minimum Gasteiger partial charge on any atom is -0.330 e. The van der Waals surface area contributed by atoms with Gasteiger partial charge in [-0.3, -0.25) is 4.90 Å². The fourth-order valence-electron chi connectivity index (χ4n) is 1.15. The van der Waals surface area contributed by atoms with E-state index in [2.05, 4.69) is 44.5 Å². The van der Waals surface area contributed by atoms with Crippen molar-refractivity contribution in [3.63, 3.8) is 0 Å². The van der Waals surface area contributed by atoms with Crippen molar-refractivity contribution in [3.05, 3.63) is 0 Å². The molecule has 0 unspecified atom stereocenters. The van der Waals surface area contributed by atoms with Gasteiger partial charge in [-0.2, -0.15) is 0 Å². The van der Waals surface area contributed by atoms with Gasteiger partial charge in [0.15, 0.2) is 0 Å². The van der Waals surface area contributed by atoms with Crippen LogP contribution in [0.3, 0.4) is 0 Å². The van der Waals surface area contributed by atoms with Crippen molar-refractivity contribution < 1.29 is 0 Å². The van der Waals surface area contributed by atoms with E-state index in [1.54, 1.807) is 0 Å². The molecule has 0 aliphatic carbocycles. The topological polar surface area (TPSA) is 15.3 Å². The van der Waals surface area contributed by atoms with E-state index in [4.69, 9.17) is 0 Å². The largest absolute Gasteiger partial charge is 0.330 e. The van der Waals surface area contributed by atoms with E-state index >= 15 is 0 Å². The van der Waals surface area contributed by atoms with Crippen molar-refractivity contribution >= 4 is 9.68 Å². The Hall–Kier alpha value is 0.137. The van der Waals surface area contributed by atoms with Gasteiger partial charge in [-0.15, -0.1) is 0 Å². The van der Waals surface area contributed by atoms with Crippen LogP contribution in [0.5, 0.6) is 0 Å². The molecule has 0 heterocycles. The molecule has 0 saturated carbocycles. The highest BCUT2D eigenvalue weighted by atomic mass is 28.2. The second kappa shape index (κ2) is 6.57. The lowest BCUT2D eigenvalue weighted by molar-refractivity contribution is 0.300. The summed E-state index contributed by atoms with van der Waals surface area (Å²) in [5.41, 5.74) is 0.516. The van der Waals surface area contributed by atoms with Gasteiger partial charge < -0.3 is 4.98 Å². The SMILES string of the molecule is CCN(CC)CN[SiH2]CC(C)(C)C. The maximum Gasteiger partial charge on any atom is 0.0935 e. The third-order valence-corrected chi connectivity index (χ3v) is 4.61. The number of nitrogens with one attached hydrogen (secondary N) is 1. The summed E-state index contributed by atoms with van der Waals surface area (Å²) >= 11 is 0. The molecule has 3 heteroatoms. The third-order valence-electron chi connectivity index (χ3n) is 2.28. The minimum atomic E-state index is -0.0460. The molecule has 0 atom stereocenters. The van der Waals surface area contributed by atoms with Crippen LogP contribution in [0.25, 0.3) is 0 Å². The summed E-state index contributed by atoms with van der Waals surface area (Å²) in [6.45, 7) is 14.8. The number of hydrogen-bond acceptors (Lipinski definition) is 2. The lowest BCUT2D eigenvalue weighted by Gasteiger charge is -2.21. The van der Waals surface area contributed by atoms with E-state index in [1.165, 1.54) is 6.04 Å². The molecule has 0 aliphatic heterocycles. The predicted molar refractivity (Wildman–Crippen MR) is 63.7 cm³/mol. The Morgan fingerprint density at radius 1 is 1.15 bits per heavy atom. The van der Waals surface area contributed by atoms with Crippen LogP contribution in [0, 0.1) is 5.41 Å². The summed E-state index contributed by atoms with van der Waals surface area (Å²) in [5.74, 6) is 0. The van der Waals surface area contributed by atoms with Gasteiger partial charge >= 0.3 is 0 Å². The molecular formula is C10H26N2Si. The van der Waals surface area contributed by atoms with Gasteiger partial charge in [0.2, 0.25) is 0 Å². The van der Waals surface area contributed by atoms with Crippen LogP contribution in [0.1, 0.15) is 34.6 Å². The van der Waals surface area contributed by atoms with Gasteiger partial charge in [0.05, 0.1) is 9.68 Å². The van der Waals surface area contributed by atoms with Crippen molar-refractivity contribution in [3.8, 4) is 0 Å². The molecule has 0 bridgehead atoms. The van der Waals surface area contributed by atoms with E-state index in [-0.39, 0.29) is 9.68 Å². The van der Waals surface area contributed by atoms with Crippen LogP contribution in [-0.2, 0) is 0 Å². The average Bonchev–Trinajstić information content (AvgIpc) is 2.03. The smallest absolute Gasteiger partial charge is 0.0935 e. The Labute approximate surface area is 86.0 Å². The van der Waals surface area contributed by atoms with Crippen molar-refractivity contribution in [2.75, 3.05) is 19.8 Å². The van der Waals surface area contributed by atoms with Crippen molar-refractivity contribution in [2.45, 2.75) is 40.7 Å². The molecule has 0 saturated heterocycles. The van der Waals surface area contributed by atoms with E-state index in [0.717, 1.165) is 19.8 Å². The molecule has 0 aliphatic rings. The van der Waals surface area contributed by atoms with Crippen molar-refractivity contribution in [1.82, 2.24) is 9.88 Å². The van der Waals surface area contributed by atoms with Crippen LogP contribution in [0.15, 0.2) is 0 Å². The summed E-state index contributed by atoms with van der Waals surface area (Å²) in [7, 11) is -0.0460. The van der Waals surface area contributed by atoms with Gasteiger partial charge in [-0.1, -0.05) is 34.6 Å². The summed E-state index contributed by atoms with van der Waals surface area (Å²) in [6.07, 6.45) is 0. The van der Waals surface area contributed by atoms with Crippen molar-refractivity contribution in [2.24, 2.45) is 5.41 Å². The molecule has 13 heavy (non-hydrogen) atoms. The quantitative estimate of drug-likeness (QED) is 0.398. The zero-order valence-corrected chi connectivity index (χ0v) is 11.4. The Kier molecular flexibility index (Phi) is 6.64. The minimum absolute atomic E-state index is 0.0460. The predicted octanol–water partition coefficient (Wildman–Crippen LogP) is 1.42. The van der Waals surface area contributed by atoms with Gasteiger partial charge in [0.25, 0.3) is 0 Å². The van der Waals surface area contributed by atoms with Crippen LogP contribution >= 0.6 is 0 Å². The van der Waals surface area contributed by atoms with Crippen LogP contribution in [0.4, 0.5) is 0 Å². The Morgan fingerprint density at radius 2 is 1.69 bits per heavy atom. The van der Waals surface area contributed by atoms with Crippen LogP contribution < -0.4 is 4.98 Å². The fraction of sp³-hybridized carbons (Fsp3) is 1.00. The second-order valence-corrected chi connectivity index (χ2v) is 6.27. The number of rotatable bonds is 6. The van der Waals surface area contributed by atoms with Gasteiger partial charge in [-0.05, 0) is 24.5 Å². The fourth-order valence-corrected chi connectivity index (χ4v) is 2.55. The maximum absolute atomic E-state index is 3.61. The summed E-state index contributed by atoms with van der Waals surface area (Å²) < 4.78 is 0. The molecule has 0 aromatic carbocycles. The van der Waals surface area contributed by atoms with Crippen LogP contribution in [0.2, 0.25) is 6.04 Å². The van der Waals surface area contributed by atoms with E-state index < -0.39 is 0 Å². The van der Waals surface area contributed by atoms with E-state index in [1.807, 2.05) is 0 Å². The first-order chi connectivity index (χ1) is 5.99. The Bertz CT molecular complexity index is 117. The summed E-state index contributed by atoms with van der Waals surface area (Å²) in [4.78, 5) is 6.03. The first-order valence-corrected chi connectivity index (χ1v) is 7.13. The molecule has 0 radical (unpaired) electrons. The highest BCUT2D eigenvalue weighted by Gasteiger charge is 2.09. The van der Waals surface area contributed by atoms with Gasteiger partial charge in [-0.25, -0.2) is 0 Å². The molecule has 0 amide bonds. The standard InChI is InChI=1S/C10H26N2Si/c1-6-12(7-2)9-11-13-8-10(3,4)5/h11H,6-9,13H2,1-5H3. The molecule has 1 N–H and O–H groups in total. The second-order valence-electron chi connectivity index (χ2n) is 4.77. The summed E-state index contributed by atoms with van der Waals surface area (Å²) in [6, 6.07) is 1.38. The molecule has 0 fully saturated rings. The average molecular weight is 202 g/mol. The van der Waals surface area contributed by atoms with Gasteiger partial charge in [0.1, 0.15) is 0 Å². The monoisotopic (exact) mass is 202 g/mol. The molecule has 0 rings (SSSR count). The number of nitrogens with zero attached hydrogens (tertiary/aromatic N) is 1. The lowest BCUT2D eigenvalue weighted by atomic mass is 10.0. The Morgan fingerprint density at radius 3 is 2.08 bits per heavy atom. The maximum atomic E-state index is 3.61. The normalized spacial score (nSPS) is 13.4. The van der Waals surface area contributed by atoms with E-state index in [0.29, 0.717) is 5.41 Å². The van der Waals surface area contributed by atoms with Crippen molar-refractivity contribution in [1.29, 1.82) is 0 Å². The first kappa shape index (κ1) is 13.1. The third kappa shape index (κ3) is 8.47. The number of hydrogen-bond donors (Lipinski definition) is 1. The highest BCUT2D eigenvalue weighted by molar-refractivity contribution is 6.32. The zero-order valence-electron chi connectivity index (χ0n) is 9.98. The zero-order chi connectivity index (χ0) is 10.3. The molecule has 0 spiro atoms. The van der Waals surface area contributed by atoms with Gasteiger partial charge in [0, 0.05) is 6.67 Å². The summed E-state index contributed by atoms with van der Waals surface area (Å²) in [5, 5.41) is 0. The molecule has 0 aromatic rings. The van der Waals surface area contributed by atoms with Crippen LogP contribution in [-0.4, -0.2) is 34.3 Å². The Balaban J connectivity index is 3.34. The molecule has 0 aromatic heterocycles. The first-order valence-electron chi connectivity index (χ1n) is 5.42. The molecule has 2 nitrogen and oxygen atoms in total. The molecular weight excluding hydrogens is 176 g/mol. The highest BCUT2D eigenvalue weighted by Crippen LogP contribution is 2.17. The lowest BCUT2D eigenvalue weighted by Crippen LogP contribution is -2.36. The molecule has 80 valence electrons. The van der Waals surface area contributed by atoms with E-state index in [9.17, 15) is 0 Å².